The van der Waals surface area contributed by atoms with Crippen LogP contribution in [-0.2, 0) is 6.54 Å². The van der Waals surface area contributed by atoms with Crippen LogP contribution in [0.5, 0.6) is 0 Å². The highest BCUT2D eigenvalue weighted by molar-refractivity contribution is 5.29. The average molecular weight is 259 g/mol. The molecule has 0 amide bonds. The molecule has 19 heavy (non-hydrogen) atoms. The number of hydrogen-bond donors (Lipinski definition) is 0. The van der Waals surface area contributed by atoms with E-state index in [0.717, 1.165) is 37.9 Å². The van der Waals surface area contributed by atoms with E-state index in [-0.39, 0.29) is 0 Å². The largest absolute Gasteiger partial charge is 0.339 e. The molecule has 0 spiro atoms. The summed E-state index contributed by atoms with van der Waals surface area (Å²) in [6.07, 6.45) is 12.7. The lowest BCUT2D eigenvalue weighted by molar-refractivity contribution is 0.411. The van der Waals surface area contributed by atoms with Crippen molar-refractivity contribution < 1.29 is 0 Å². The predicted molar refractivity (Wildman–Crippen MR) is 73.5 cm³/mol. The highest BCUT2D eigenvalue weighted by atomic mass is 15.6. The van der Waals surface area contributed by atoms with Gasteiger partial charge in [0.25, 0.3) is 0 Å². The van der Waals surface area contributed by atoms with Crippen LogP contribution in [0.3, 0.4) is 0 Å². The van der Waals surface area contributed by atoms with Crippen LogP contribution in [0.2, 0.25) is 0 Å². The van der Waals surface area contributed by atoms with Gasteiger partial charge in [-0.15, -0.1) is 12.3 Å². The fraction of sp³-hybridized carbons (Fsp3) is 0.786. The third kappa shape index (κ3) is 3.06. The predicted octanol–water partition coefficient (Wildman–Crippen LogP) is 1.71. The number of piperidine rings is 1. The summed E-state index contributed by atoms with van der Waals surface area (Å²) < 4.78 is 1.97. The highest BCUT2D eigenvalue weighted by Crippen LogP contribution is 2.33. The summed E-state index contributed by atoms with van der Waals surface area (Å²) in [5, 5.41) is 12.2. The Morgan fingerprint density at radius 3 is 2.95 bits per heavy atom. The maximum atomic E-state index is 5.43. The zero-order chi connectivity index (χ0) is 13.1. The molecule has 3 rings (SSSR count). The van der Waals surface area contributed by atoms with Gasteiger partial charge in [-0.2, -0.15) is 0 Å². The lowest BCUT2D eigenvalue weighted by Crippen LogP contribution is -2.37. The van der Waals surface area contributed by atoms with E-state index in [1.54, 1.807) is 0 Å². The van der Waals surface area contributed by atoms with Crippen LogP contribution in [0, 0.1) is 24.2 Å². The molecule has 0 aromatic carbocycles. The van der Waals surface area contributed by atoms with Crippen LogP contribution in [0.15, 0.2) is 0 Å². The van der Waals surface area contributed by atoms with E-state index < -0.39 is 0 Å². The molecule has 5 heteroatoms. The Morgan fingerprint density at radius 2 is 2.16 bits per heavy atom. The molecule has 2 aliphatic rings. The fourth-order valence-corrected chi connectivity index (χ4v) is 2.86. The number of anilines is 1. The number of terminal acetylenes is 1. The second kappa shape index (κ2) is 5.60. The van der Waals surface area contributed by atoms with E-state index in [1.165, 1.54) is 32.1 Å². The minimum atomic E-state index is 0.590. The van der Waals surface area contributed by atoms with Crippen molar-refractivity contribution in [2.45, 2.75) is 45.1 Å². The van der Waals surface area contributed by atoms with Crippen molar-refractivity contribution in [2.75, 3.05) is 18.0 Å². The molecule has 0 N–H and O–H groups in total. The van der Waals surface area contributed by atoms with Gasteiger partial charge in [-0.25, -0.2) is 4.68 Å². The first-order chi connectivity index (χ1) is 9.36. The lowest BCUT2D eigenvalue weighted by Gasteiger charge is -2.32. The van der Waals surface area contributed by atoms with E-state index in [9.17, 15) is 0 Å². The summed E-state index contributed by atoms with van der Waals surface area (Å²) in [6, 6.07) is 0. The second-order valence-electron chi connectivity index (χ2n) is 5.80. The summed E-state index contributed by atoms with van der Waals surface area (Å²) in [5.41, 5.74) is 0. The van der Waals surface area contributed by atoms with Crippen molar-refractivity contribution in [3.63, 3.8) is 0 Å². The van der Waals surface area contributed by atoms with Crippen LogP contribution in [0.1, 0.15) is 38.5 Å². The number of aryl methyl sites for hydroxylation is 1. The number of aromatic nitrogens is 4. The van der Waals surface area contributed by atoms with Crippen LogP contribution >= 0.6 is 0 Å². The smallest absolute Gasteiger partial charge is 0.245 e. The Labute approximate surface area is 114 Å². The molecule has 1 aliphatic heterocycles. The van der Waals surface area contributed by atoms with E-state index >= 15 is 0 Å². The molecule has 1 saturated carbocycles. The topological polar surface area (TPSA) is 46.8 Å². The normalized spacial score (nSPS) is 23.3. The van der Waals surface area contributed by atoms with E-state index in [0.29, 0.717) is 5.92 Å². The molecule has 1 saturated heterocycles. The highest BCUT2D eigenvalue weighted by Gasteiger charge is 2.25. The SMILES string of the molecule is C#CCC1CCCN(c2nnnn2CCC2CC2)C1. The van der Waals surface area contributed by atoms with Gasteiger partial charge in [0.1, 0.15) is 0 Å². The summed E-state index contributed by atoms with van der Waals surface area (Å²) in [5.74, 6) is 5.21. The van der Waals surface area contributed by atoms with E-state index in [2.05, 4.69) is 26.3 Å². The van der Waals surface area contributed by atoms with Crippen LogP contribution in [0.25, 0.3) is 0 Å². The number of rotatable bonds is 5. The third-order valence-electron chi connectivity index (χ3n) is 4.17. The lowest BCUT2D eigenvalue weighted by atomic mass is 9.95. The molecule has 5 nitrogen and oxygen atoms in total. The Bertz CT molecular complexity index is 457. The summed E-state index contributed by atoms with van der Waals surface area (Å²) >= 11 is 0. The first kappa shape index (κ1) is 12.5. The quantitative estimate of drug-likeness (QED) is 0.755. The first-order valence-corrected chi connectivity index (χ1v) is 7.31. The average Bonchev–Trinajstić information content (AvgIpc) is 3.14. The van der Waals surface area contributed by atoms with Crippen LogP contribution < -0.4 is 4.90 Å². The minimum Gasteiger partial charge on any atom is -0.339 e. The Morgan fingerprint density at radius 1 is 1.26 bits per heavy atom. The van der Waals surface area contributed by atoms with Crippen molar-refractivity contribution in [3.8, 4) is 12.3 Å². The van der Waals surface area contributed by atoms with E-state index in [1.807, 2.05) is 4.68 Å². The summed E-state index contributed by atoms with van der Waals surface area (Å²) in [4.78, 5) is 2.30. The molecule has 1 aromatic rings. The number of nitrogens with zero attached hydrogens (tertiary/aromatic N) is 5. The molecule has 1 aliphatic carbocycles. The standard InChI is InChI=1S/C14H21N5/c1-2-4-13-5-3-9-18(11-13)14-15-16-17-19(14)10-8-12-6-7-12/h1,12-13H,3-11H2. The Kier molecular flexibility index (Phi) is 3.67. The first-order valence-electron chi connectivity index (χ1n) is 7.31. The molecule has 2 heterocycles. The summed E-state index contributed by atoms with van der Waals surface area (Å²) in [6.45, 7) is 2.99. The molecule has 2 fully saturated rings. The van der Waals surface area contributed by atoms with Gasteiger partial charge in [0, 0.05) is 26.1 Å². The van der Waals surface area contributed by atoms with Gasteiger partial charge < -0.3 is 4.90 Å². The van der Waals surface area contributed by atoms with Crippen molar-refractivity contribution in [1.82, 2.24) is 20.2 Å². The van der Waals surface area contributed by atoms with Crippen LogP contribution in [-0.4, -0.2) is 33.3 Å². The van der Waals surface area contributed by atoms with Gasteiger partial charge in [-0.05, 0) is 41.5 Å². The van der Waals surface area contributed by atoms with Gasteiger partial charge in [0.2, 0.25) is 5.95 Å². The molecule has 0 bridgehead atoms. The van der Waals surface area contributed by atoms with Crippen molar-refractivity contribution in [3.05, 3.63) is 0 Å². The van der Waals surface area contributed by atoms with Crippen molar-refractivity contribution in [2.24, 2.45) is 11.8 Å². The maximum Gasteiger partial charge on any atom is 0.245 e. The molecule has 102 valence electrons. The van der Waals surface area contributed by atoms with Gasteiger partial charge in [-0.1, -0.05) is 17.9 Å². The van der Waals surface area contributed by atoms with Gasteiger partial charge in [-0.3, -0.25) is 0 Å². The molecular weight excluding hydrogens is 238 g/mol. The zero-order valence-electron chi connectivity index (χ0n) is 11.3. The zero-order valence-corrected chi connectivity index (χ0v) is 11.3. The molecule has 0 radical (unpaired) electrons. The maximum absolute atomic E-state index is 5.43. The molecule has 1 unspecified atom stereocenters. The second-order valence-corrected chi connectivity index (χ2v) is 5.80. The molecule has 1 aromatic heterocycles. The van der Waals surface area contributed by atoms with Crippen molar-refractivity contribution >= 4 is 5.95 Å². The van der Waals surface area contributed by atoms with Gasteiger partial charge in [0.05, 0.1) is 0 Å². The minimum absolute atomic E-state index is 0.590. The van der Waals surface area contributed by atoms with E-state index in [4.69, 9.17) is 6.42 Å². The third-order valence-corrected chi connectivity index (χ3v) is 4.17. The number of tetrazole rings is 1. The fourth-order valence-electron chi connectivity index (χ4n) is 2.86. The monoisotopic (exact) mass is 259 g/mol. The molecule has 1 atom stereocenters. The van der Waals surface area contributed by atoms with Crippen LogP contribution in [0.4, 0.5) is 5.95 Å². The molecular formula is C14H21N5. The van der Waals surface area contributed by atoms with Gasteiger partial charge in [0.15, 0.2) is 0 Å². The number of hydrogen-bond acceptors (Lipinski definition) is 4. The summed E-state index contributed by atoms with van der Waals surface area (Å²) in [7, 11) is 0. The Hall–Kier alpha value is -1.57. The van der Waals surface area contributed by atoms with Gasteiger partial charge >= 0.3 is 0 Å². The Balaban J connectivity index is 1.63. The van der Waals surface area contributed by atoms with Crippen molar-refractivity contribution in [1.29, 1.82) is 0 Å².